The van der Waals surface area contributed by atoms with Crippen LogP contribution in [0.4, 0.5) is 4.79 Å². The second-order valence-corrected chi connectivity index (χ2v) is 4.91. The first-order valence-electron chi connectivity index (χ1n) is 7.10. The maximum atomic E-state index is 11.7. The normalized spacial score (nSPS) is 12.0. The Bertz CT molecular complexity index is 646. The monoisotopic (exact) mass is 299 g/mol. The van der Waals surface area contributed by atoms with Crippen molar-refractivity contribution in [1.29, 1.82) is 0 Å². The van der Waals surface area contributed by atoms with Gasteiger partial charge in [0.2, 0.25) is 6.79 Å². The van der Waals surface area contributed by atoms with Crippen LogP contribution in [-0.2, 0) is 13.0 Å². The highest BCUT2D eigenvalue weighted by Gasteiger charge is 2.13. The van der Waals surface area contributed by atoms with E-state index in [2.05, 4.69) is 15.6 Å². The number of nitrogens with one attached hydrogen (secondary N) is 2. The van der Waals surface area contributed by atoms with Crippen LogP contribution in [0, 0.1) is 0 Å². The number of ether oxygens (including phenoxy) is 2. The minimum Gasteiger partial charge on any atom is -0.454 e. The number of hydrogen-bond acceptors (Lipinski definition) is 4. The zero-order chi connectivity index (χ0) is 15.2. The largest absolute Gasteiger partial charge is 0.454 e. The molecule has 1 aromatic carbocycles. The number of carbonyl (C=O) groups excluding carboxylic acids is 1. The van der Waals surface area contributed by atoms with Crippen molar-refractivity contribution < 1.29 is 14.3 Å². The third-order valence-corrected chi connectivity index (χ3v) is 3.31. The standard InChI is InChI=1S/C16H17N3O3/c20-16(18-7-5-12-2-1-6-17-9-12)19-10-13-3-4-14-15(8-13)22-11-21-14/h1-4,6,8-9H,5,7,10-11H2,(H2,18,19,20). The van der Waals surface area contributed by atoms with E-state index < -0.39 is 0 Å². The summed E-state index contributed by atoms with van der Waals surface area (Å²) in [6.07, 6.45) is 4.28. The number of pyridine rings is 1. The molecule has 0 fully saturated rings. The van der Waals surface area contributed by atoms with E-state index in [1.165, 1.54) is 0 Å². The molecule has 2 N–H and O–H groups in total. The molecule has 0 saturated carbocycles. The number of aromatic nitrogens is 1. The lowest BCUT2D eigenvalue weighted by molar-refractivity contribution is 0.174. The van der Waals surface area contributed by atoms with Crippen LogP contribution in [0.5, 0.6) is 11.5 Å². The van der Waals surface area contributed by atoms with Crippen LogP contribution < -0.4 is 20.1 Å². The number of amides is 2. The SMILES string of the molecule is O=C(NCCc1cccnc1)NCc1ccc2c(c1)OCO2. The fourth-order valence-corrected chi connectivity index (χ4v) is 2.16. The second kappa shape index (κ2) is 6.80. The van der Waals surface area contributed by atoms with E-state index in [-0.39, 0.29) is 12.8 Å². The summed E-state index contributed by atoms with van der Waals surface area (Å²) >= 11 is 0. The Morgan fingerprint density at radius 2 is 2.05 bits per heavy atom. The molecule has 1 aromatic heterocycles. The van der Waals surface area contributed by atoms with Gasteiger partial charge in [0.25, 0.3) is 0 Å². The predicted molar refractivity (Wildman–Crippen MR) is 80.7 cm³/mol. The van der Waals surface area contributed by atoms with Gasteiger partial charge in [0.1, 0.15) is 0 Å². The summed E-state index contributed by atoms with van der Waals surface area (Å²) in [7, 11) is 0. The Labute approximate surface area is 128 Å². The zero-order valence-electron chi connectivity index (χ0n) is 12.0. The van der Waals surface area contributed by atoms with Gasteiger partial charge in [0.05, 0.1) is 0 Å². The maximum absolute atomic E-state index is 11.7. The smallest absolute Gasteiger partial charge is 0.315 e. The number of carbonyl (C=O) groups is 1. The molecule has 2 aromatic rings. The lowest BCUT2D eigenvalue weighted by atomic mass is 10.2. The van der Waals surface area contributed by atoms with Gasteiger partial charge in [-0.25, -0.2) is 4.79 Å². The van der Waals surface area contributed by atoms with Crippen molar-refractivity contribution in [2.75, 3.05) is 13.3 Å². The number of hydrogen-bond donors (Lipinski definition) is 2. The zero-order valence-corrected chi connectivity index (χ0v) is 12.0. The molecule has 0 atom stereocenters. The minimum atomic E-state index is -0.193. The number of rotatable bonds is 5. The van der Waals surface area contributed by atoms with Crippen molar-refractivity contribution >= 4 is 6.03 Å². The molecule has 0 spiro atoms. The molecule has 6 heteroatoms. The van der Waals surface area contributed by atoms with Gasteiger partial charge in [-0.3, -0.25) is 4.98 Å². The first kappa shape index (κ1) is 14.2. The van der Waals surface area contributed by atoms with Gasteiger partial charge in [-0.2, -0.15) is 0 Å². The van der Waals surface area contributed by atoms with Gasteiger partial charge >= 0.3 is 6.03 Å². The highest BCUT2D eigenvalue weighted by atomic mass is 16.7. The van der Waals surface area contributed by atoms with E-state index in [0.29, 0.717) is 13.1 Å². The summed E-state index contributed by atoms with van der Waals surface area (Å²) < 4.78 is 10.6. The summed E-state index contributed by atoms with van der Waals surface area (Å²) in [6, 6.07) is 9.30. The van der Waals surface area contributed by atoms with Crippen molar-refractivity contribution in [3.05, 3.63) is 53.9 Å². The van der Waals surface area contributed by atoms with Gasteiger partial charge in [-0.1, -0.05) is 12.1 Å². The lowest BCUT2D eigenvalue weighted by Gasteiger charge is -2.08. The van der Waals surface area contributed by atoms with Crippen molar-refractivity contribution in [3.8, 4) is 11.5 Å². The fraction of sp³-hybridized carbons (Fsp3) is 0.250. The first-order chi connectivity index (χ1) is 10.8. The van der Waals surface area contributed by atoms with Crippen LogP contribution in [-0.4, -0.2) is 24.4 Å². The second-order valence-electron chi connectivity index (χ2n) is 4.91. The molecule has 3 rings (SSSR count). The Balaban J connectivity index is 1.41. The molecule has 0 unspecified atom stereocenters. The average Bonchev–Trinajstić information content (AvgIpc) is 3.01. The Morgan fingerprint density at radius 1 is 1.14 bits per heavy atom. The van der Waals surface area contributed by atoms with Gasteiger partial charge in [-0.05, 0) is 35.7 Å². The topological polar surface area (TPSA) is 72.5 Å². The molecule has 2 amide bonds. The molecular formula is C16H17N3O3. The summed E-state index contributed by atoms with van der Waals surface area (Å²) in [5.41, 5.74) is 2.06. The number of urea groups is 1. The van der Waals surface area contributed by atoms with Crippen LogP contribution in [0.25, 0.3) is 0 Å². The summed E-state index contributed by atoms with van der Waals surface area (Å²) in [5.74, 6) is 1.46. The number of benzene rings is 1. The molecule has 1 aliphatic rings. The Kier molecular flexibility index (Phi) is 4.38. The molecule has 1 aliphatic heterocycles. The van der Waals surface area contributed by atoms with Crippen molar-refractivity contribution in [3.63, 3.8) is 0 Å². The summed E-state index contributed by atoms with van der Waals surface area (Å²) in [5, 5.41) is 5.63. The van der Waals surface area contributed by atoms with E-state index in [1.54, 1.807) is 12.4 Å². The van der Waals surface area contributed by atoms with Crippen molar-refractivity contribution in [2.24, 2.45) is 0 Å². The van der Waals surface area contributed by atoms with E-state index >= 15 is 0 Å². The van der Waals surface area contributed by atoms with E-state index in [0.717, 1.165) is 29.0 Å². The van der Waals surface area contributed by atoms with Crippen LogP contribution in [0.1, 0.15) is 11.1 Å². The lowest BCUT2D eigenvalue weighted by Crippen LogP contribution is -2.36. The molecule has 0 radical (unpaired) electrons. The van der Waals surface area contributed by atoms with Crippen LogP contribution >= 0.6 is 0 Å². The molecule has 2 heterocycles. The molecule has 0 saturated heterocycles. The van der Waals surface area contributed by atoms with Crippen molar-refractivity contribution in [1.82, 2.24) is 15.6 Å². The summed E-state index contributed by atoms with van der Waals surface area (Å²) in [6.45, 7) is 1.26. The average molecular weight is 299 g/mol. The Morgan fingerprint density at radius 3 is 2.91 bits per heavy atom. The van der Waals surface area contributed by atoms with Gasteiger partial charge in [0, 0.05) is 25.5 Å². The minimum absolute atomic E-state index is 0.193. The van der Waals surface area contributed by atoms with Crippen molar-refractivity contribution in [2.45, 2.75) is 13.0 Å². The van der Waals surface area contributed by atoms with Gasteiger partial charge in [0.15, 0.2) is 11.5 Å². The van der Waals surface area contributed by atoms with Gasteiger partial charge in [-0.15, -0.1) is 0 Å². The molecule has 0 aliphatic carbocycles. The van der Waals surface area contributed by atoms with Crippen LogP contribution in [0.15, 0.2) is 42.7 Å². The highest BCUT2D eigenvalue weighted by molar-refractivity contribution is 5.73. The molecular weight excluding hydrogens is 282 g/mol. The molecule has 0 bridgehead atoms. The highest BCUT2D eigenvalue weighted by Crippen LogP contribution is 2.32. The third-order valence-electron chi connectivity index (χ3n) is 3.31. The predicted octanol–water partition coefficient (Wildman–Crippen LogP) is 1.85. The quantitative estimate of drug-likeness (QED) is 0.884. The number of nitrogens with zero attached hydrogens (tertiary/aromatic N) is 1. The Hall–Kier alpha value is -2.76. The number of fused-ring (bicyclic) bond motifs is 1. The van der Waals surface area contributed by atoms with Crippen LogP contribution in [0.2, 0.25) is 0 Å². The maximum Gasteiger partial charge on any atom is 0.315 e. The van der Waals surface area contributed by atoms with E-state index in [1.807, 2.05) is 30.3 Å². The van der Waals surface area contributed by atoms with Gasteiger partial charge < -0.3 is 20.1 Å². The van der Waals surface area contributed by atoms with E-state index in [9.17, 15) is 4.79 Å². The van der Waals surface area contributed by atoms with E-state index in [4.69, 9.17) is 9.47 Å². The fourth-order valence-electron chi connectivity index (χ4n) is 2.16. The van der Waals surface area contributed by atoms with Crippen LogP contribution in [0.3, 0.4) is 0 Å². The molecule has 22 heavy (non-hydrogen) atoms. The first-order valence-corrected chi connectivity index (χ1v) is 7.10. The summed E-state index contributed by atoms with van der Waals surface area (Å²) in [4.78, 5) is 15.8. The third kappa shape index (κ3) is 3.66. The molecule has 114 valence electrons. The molecule has 6 nitrogen and oxygen atoms in total.